The summed E-state index contributed by atoms with van der Waals surface area (Å²) in [6.45, 7) is 0.165. The standard InChI is InChI=1S/C9H14N4O3.Zn/c10-2-1-8(14)13-7(9(15)16)3-6-4-11-5-12-6;/h4-5,7H,1-3,10H2,(H,11,12)(H,13,14)(H,15,16);/p-1. The predicted octanol–water partition coefficient (Wildman–Crippen LogP) is -1.49. The van der Waals surface area contributed by atoms with E-state index in [9.17, 15) is 9.90 Å². The Kier molecular flexibility index (Phi) is 7.33. The zero-order valence-electron chi connectivity index (χ0n) is 9.30. The second-order valence-electron chi connectivity index (χ2n) is 3.20. The SMILES string of the molecule is NCCC([O-])=NC(Cc1cnc[nH]1)C(=O)O.[Zn]. The smallest absolute Gasteiger partial charge is 0.328 e. The van der Waals surface area contributed by atoms with Crippen molar-refractivity contribution in [1.29, 1.82) is 0 Å². The van der Waals surface area contributed by atoms with Gasteiger partial charge in [0.15, 0.2) is 6.04 Å². The van der Waals surface area contributed by atoms with E-state index < -0.39 is 17.9 Å². The van der Waals surface area contributed by atoms with E-state index >= 15 is 0 Å². The van der Waals surface area contributed by atoms with Gasteiger partial charge >= 0.3 is 5.97 Å². The molecule has 0 spiro atoms. The molecule has 0 amide bonds. The largest absolute Gasteiger partial charge is 0.862 e. The molecule has 17 heavy (non-hydrogen) atoms. The van der Waals surface area contributed by atoms with Crippen molar-refractivity contribution in [1.82, 2.24) is 9.97 Å². The number of hydrogen-bond acceptors (Lipinski definition) is 5. The van der Waals surface area contributed by atoms with Crippen LogP contribution >= 0.6 is 0 Å². The first-order valence-corrected chi connectivity index (χ1v) is 4.77. The summed E-state index contributed by atoms with van der Waals surface area (Å²) in [7, 11) is 0. The van der Waals surface area contributed by atoms with Gasteiger partial charge in [-0.3, -0.25) is 4.99 Å². The summed E-state index contributed by atoms with van der Waals surface area (Å²) in [5.74, 6) is -1.63. The van der Waals surface area contributed by atoms with Crippen molar-refractivity contribution in [2.75, 3.05) is 6.54 Å². The van der Waals surface area contributed by atoms with Crippen molar-refractivity contribution in [2.45, 2.75) is 18.9 Å². The van der Waals surface area contributed by atoms with Crippen LogP contribution < -0.4 is 10.8 Å². The quantitative estimate of drug-likeness (QED) is 0.334. The van der Waals surface area contributed by atoms with Crippen molar-refractivity contribution in [3.63, 3.8) is 0 Å². The Labute approximate surface area is 111 Å². The molecule has 0 radical (unpaired) electrons. The van der Waals surface area contributed by atoms with E-state index in [2.05, 4.69) is 15.0 Å². The number of imidazole rings is 1. The van der Waals surface area contributed by atoms with Crippen molar-refractivity contribution in [2.24, 2.45) is 10.7 Å². The molecule has 0 aromatic carbocycles. The van der Waals surface area contributed by atoms with Gasteiger partial charge in [0, 0.05) is 37.8 Å². The Balaban J connectivity index is 0.00000256. The summed E-state index contributed by atoms with van der Waals surface area (Å²) in [6, 6.07) is -1.08. The summed E-state index contributed by atoms with van der Waals surface area (Å²) in [5.41, 5.74) is 5.79. The Morgan fingerprint density at radius 3 is 2.88 bits per heavy atom. The van der Waals surface area contributed by atoms with E-state index in [1.807, 2.05) is 0 Å². The maximum Gasteiger partial charge on any atom is 0.328 e. The summed E-state index contributed by atoms with van der Waals surface area (Å²) in [5, 5.41) is 20.0. The molecule has 7 nitrogen and oxygen atoms in total. The van der Waals surface area contributed by atoms with E-state index in [1.165, 1.54) is 12.5 Å². The molecule has 0 bridgehead atoms. The number of carbonyl (C=O) groups is 1. The van der Waals surface area contributed by atoms with Crippen LogP contribution in [0, 0.1) is 0 Å². The topological polar surface area (TPSA) is 127 Å². The fraction of sp³-hybridized carbons (Fsp3) is 0.444. The second-order valence-corrected chi connectivity index (χ2v) is 3.20. The number of nitrogens with zero attached hydrogens (tertiary/aromatic N) is 2. The molecule has 1 heterocycles. The number of aromatic amines is 1. The zero-order valence-corrected chi connectivity index (χ0v) is 12.3. The second kappa shape index (κ2) is 7.92. The average molecular weight is 291 g/mol. The van der Waals surface area contributed by atoms with Gasteiger partial charge in [-0.1, -0.05) is 0 Å². The van der Waals surface area contributed by atoms with Gasteiger partial charge in [0.25, 0.3) is 0 Å². The number of aromatic nitrogens is 2. The summed E-state index contributed by atoms with van der Waals surface area (Å²) < 4.78 is 0. The molecular formula is C9H13N4O3Zn-. The first kappa shape index (κ1) is 15.7. The molecule has 0 aliphatic rings. The first-order chi connectivity index (χ1) is 7.63. The number of aliphatic imine (C=N–C) groups is 1. The summed E-state index contributed by atoms with van der Waals surface area (Å²) in [4.78, 5) is 20.9. The molecule has 0 fully saturated rings. The van der Waals surface area contributed by atoms with Gasteiger partial charge in [-0.2, -0.15) is 0 Å². The molecule has 0 aliphatic heterocycles. The van der Waals surface area contributed by atoms with Crippen LogP contribution in [0.5, 0.6) is 0 Å². The maximum atomic E-state index is 11.2. The van der Waals surface area contributed by atoms with Crippen molar-refractivity contribution in [3.8, 4) is 0 Å². The molecule has 1 aromatic rings. The van der Waals surface area contributed by atoms with Crippen LogP contribution in [0.25, 0.3) is 0 Å². The molecule has 4 N–H and O–H groups in total. The number of H-pyrrole nitrogens is 1. The fourth-order valence-corrected chi connectivity index (χ4v) is 1.15. The number of nitrogens with one attached hydrogen (secondary N) is 1. The molecule has 1 atom stereocenters. The van der Waals surface area contributed by atoms with Crippen LogP contribution in [-0.2, 0) is 30.7 Å². The Morgan fingerprint density at radius 2 is 2.41 bits per heavy atom. The third-order valence-corrected chi connectivity index (χ3v) is 1.91. The van der Waals surface area contributed by atoms with Crippen LogP contribution in [0.1, 0.15) is 12.1 Å². The first-order valence-electron chi connectivity index (χ1n) is 4.77. The number of hydrogen-bond donors (Lipinski definition) is 3. The predicted molar refractivity (Wildman–Crippen MR) is 54.8 cm³/mol. The minimum absolute atomic E-state index is 0. The normalized spacial score (nSPS) is 12.9. The third-order valence-electron chi connectivity index (χ3n) is 1.91. The van der Waals surface area contributed by atoms with Crippen LogP contribution in [0.3, 0.4) is 0 Å². The zero-order chi connectivity index (χ0) is 12.0. The van der Waals surface area contributed by atoms with E-state index in [0.29, 0.717) is 5.69 Å². The molecule has 1 unspecified atom stereocenters. The molecule has 1 rings (SSSR count). The van der Waals surface area contributed by atoms with Gasteiger partial charge in [0.05, 0.1) is 6.33 Å². The molecule has 0 saturated heterocycles. The minimum Gasteiger partial charge on any atom is -0.862 e. The molecule has 8 heteroatoms. The molecular weight excluding hydrogens is 278 g/mol. The van der Waals surface area contributed by atoms with Gasteiger partial charge < -0.3 is 20.9 Å². The molecule has 0 aliphatic carbocycles. The Bertz CT molecular complexity index is 366. The minimum atomic E-state index is -1.14. The van der Waals surface area contributed by atoms with Crippen molar-refractivity contribution >= 4 is 11.9 Å². The number of carboxylic acids is 1. The van der Waals surface area contributed by atoms with Crippen LogP contribution in [0.2, 0.25) is 0 Å². The molecule has 1 aromatic heterocycles. The van der Waals surface area contributed by atoms with Gasteiger partial charge in [-0.15, -0.1) is 0 Å². The maximum absolute atomic E-state index is 11.2. The van der Waals surface area contributed by atoms with E-state index in [1.54, 1.807) is 0 Å². The van der Waals surface area contributed by atoms with Crippen molar-refractivity contribution in [3.05, 3.63) is 18.2 Å². The fourth-order valence-electron chi connectivity index (χ4n) is 1.15. The van der Waals surface area contributed by atoms with Gasteiger partial charge in [0.1, 0.15) is 0 Å². The van der Waals surface area contributed by atoms with Gasteiger partial charge in [-0.05, 0) is 18.9 Å². The van der Waals surface area contributed by atoms with E-state index in [0.717, 1.165) is 0 Å². The molecule has 0 saturated carbocycles. The van der Waals surface area contributed by atoms with Crippen LogP contribution in [0.15, 0.2) is 17.5 Å². The average Bonchev–Trinajstić information content (AvgIpc) is 2.69. The number of aliphatic carboxylic acids is 1. The summed E-state index contributed by atoms with van der Waals surface area (Å²) in [6.07, 6.45) is 3.12. The van der Waals surface area contributed by atoms with Crippen LogP contribution in [-0.4, -0.2) is 39.5 Å². The Hall–Kier alpha value is -1.27. The van der Waals surface area contributed by atoms with Gasteiger partial charge in [-0.25, -0.2) is 9.78 Å². The van der Waals surface area contributed by atoms with E-state index in [-0.39, 0.29) is 38.9 Å². The number of rotatable bonds is 6. The summed E-state index contributed by atoms with van der Waals surface area (Å²) >= 11 is 0. The Morgan fingerprint density at radius 1 is 1.71 bits per heavy atom. The number of nitrogens with two attached hydrogens (primary N) is 1. The van der Waals surface area contributed by atoms with Crippen LogP contribution in [0.4, 0.5) is 0 Å². The van der Waals surface area contributed by atoms with Crippen molar-refractivity contribution < 1.29 is 34.5 Å². The molecule has 90 valence electrons. The monoisotopic (exact) mass is 289 g/mol. The van der Waals surface area contributed by atoms with E-state index in [4.69, 9.17) is 10.8 Å². The third kappa shape index (κ3) is 5.56. The number of carboxylic acid groups (broad SMARTS) is 1. The van der Waals surface area contributed by atoms with Gasteiger partial charge in [0.2, 0.25) is 0 Å².